The van der Waals surface area contributed by atoms with Gasteiger partial charge in [-0.25, -0.2) is 0 Å². The maximum atomic E-state index is 8.59. The second-order valence-corrected chi connectivity index (χ2v) is 3.64. The normalized spacial score (nSPS) is 18.8. The third-order valence-electron chi connectivity index (χ3n) is 2.49. The molecule has 0 radical (unpaired) electrons. The van der Waals surface area contributed by atoms with E-state index >= 15 is 0 Å². The Kier molecular flexibility index (Phi) is 3.87. The Bertz CT molecular complexity index is 102. The van der Waals surface area contributed by atoms with Crippen molar-refractivity contribution in [1.82, 2.24) is 4.90 Å². The van der Waals surface area contributed by atoms with E-state index in [9.17, 15) is 0 Å². The topological polar surface area (TPSA) is 23.5 Å². The number of hydrogen-bond acceptors (Lipinski definition) is 2. The third kappa shape index (κ3) is 3.21. The number of rotatable bonds is 5. The minimum atomic E-state index is 0.328. The zero-order valence-corrected chi connectivity index (χ0v) is 7.42. The molecule has 0 unspecified atom stereocenters. The molecule has 0 aliphatic heterocycles. The maximum absolute atomic E-state index is 8.59. The SMILES string of the molecule is CN(CCCO)CC1CCC1. The molecule has 1 saturated carbocycles. The van der Waals surface area contributed by atoms with Crippen LogP contribution < -0.4 is 0 Å². The van der Waals surface area contributed by atoms with Gasteiger partial charge in [0.15, 0.2) is 0 Å². The first kappa shape index (κ1) is 9.01. The Morgan fingerprint density at radius 1 is 1.45 bits per heavy atom. The molecule has 1 aliphatic carbocycles. The number of aliphatic hydroxyl groups is 1. The van der Waals surface area contributed by atoms with Gasteiger partial charge in [0.2, 0.25) is 0 Å². The fraction of sp³-hybridized carbons (Fsp3) is 1.00. The van der Waals surface area contributed by atoms with Crippen molar-refractivity contribution in [2.75, 3.05) is 26.7 Å². The van der Waals surface area contributed by atoms with Crippen LogP contribution in [-0.2, 0) is 0 Å². The van der Waals surface area contributed by atoms with Crippen LogP contribution >= 0.6 is 0 Å². The Morgan fingerprint density at radius 3 is 2.64 bits per heavy atom. The molecule has 0 aromatic rings. The standard InChI is InChI=1S/C9H19NO/c1-10(6-3-7-11)8-9-4-2-5-9/h9,11H,2-8H2,1H3. The van der Waals surface area contributed by atoms with Crippen LogP contribution in [0.5, 0.6) is 0 Å². The van der Waals surface area contributed by atoms with Gasteiger partial charge >= 0.3 is 0 Å². The lowest BCUT2D eigenvalue weighted by molar-refractivity contribution is 0.188. The van der Waals surface area contributed by atoms with E-state index in [4.69, 9.17) is 5.11 Å². The average molecular weight is 157 g/mol. The Balaban J connectivity index is 1.95. The van der Waals surface area contributed by atoms with Gasteiger partial charge in [0.1, 0.15) is 0 Å². The molecule has 0 bridgehead atoms. The predicted octanol–water partition coefficient (Wildman–Crippen LogP) is 1.10. The lowest BCUT2D eigenvalue weighted by atomic mass is 9.85. The molecule has 66 valence electrons. The molecule has 0 spiro atoms. The predicted molar refractivity (Wildman–Crippen MR) is 46.5 cm³/mol. The van der Waals surface area contributed by atoms with Crippen molar-refractivity contribution in [3.63, 3.8) is 0 Å². The highest BCUT2D eigenvalue weighted by atomic mass is 16.3. The smallest absolute Gasteiger partial charge is 0.0443 e. The summed E-state index contributed by atoms with van der Waals surface area (Å²) in [5, 5.41) is 8.59. The largest absolute Gasteiger partial charge is 0.396 e. The van der Waals surface area contributed by atoms with Crippen molar-refractivity contribution in [3.05, 3.63) is 0 Å². The Morgan fingerprint density at radius 2 is 2.18 bits per heavy atom. The van der Waals surface area contributed by atoms with E-state index in [0.717, 1.165) is 18.9 Å². The molecule has 1 N–H and O–H groups in total. The summed E-state index contributed by atoms with van der Waals surface area (Å²) in [5.74, 6) is 0.957. The van der Waals surface area contributed by atoms with Gasteiger partial charge in [-0.1, -0.05) is 6.42 Å². The van der Waals surface area contributed by atoms with Crippen molar-refractivity contribution >= 4 is 0 Å². The highest BCUT2D eigenvalue weighted by Crippen LogP contribution is 2.26. The molecule has 2 heteroatoms. The van der Waals surface area contributed by atoms with Crippen LogP contribution in [0.15, 0.2) is 0 Å². The quantitative estimate of drug-likeness (QED) is 0.646. The first-order valence-corrected chi connectivity index (χ1v) is 4.62. The van der Waals surface area contributed by atoms with E-state index in [1.54, 1.807) is 0 Å². The molecule has 0 aromatic heterocycles. The van der Waals surface area contributed by atoms with Crippen molar-refractivity contribution in [2.45, 2.75) is 25.7 Å². The fourth-order valence-corrected chi connectivity index (χ4v) is 1.55. The lowest BCUT2D eigenvalue weighted by Crippen LogP contribution is -2.30. The number of hydrogen-bond donors (Lipinski definition) is 1. The Labute approximate surface area is 69.2 Å². The fourth-order valence-electron chi connectivity index (χ4n) is 1.55. The van der Waals surface area contributed by atoms with Gasteiger partial charge in [0.25, 0.3) is 0 Å². The molecular weight excluding hydrogens is 138 g/mol. The third-order valence-corrected chi connectivity index (χ3v) is 2.49. The summed E-state index contributed by atoms with van der Waals surface area (Å²) in [5.41, 5.74) is 0. The summed E-state index contributed by atoms with van der Waals surface area (Å²) < 4.78 is 0. The molecule has 11 heavy (non-hydrogen) atoms. The van der Waals surface area contributed by atoms with E-state index in [0.29, 0.717) is 6.61 Å². The minimum absolute atomic E-state index is 0.328. The van der Waals surface area contributed by atoms with Gasteiger partial charge in [0.05, 0.1) is 0 Å². The molecule has 0 atom stereocenters. The van der Waals surface area contributed by atoms with Crippen molar-refractivity contribution in [3.8, 4) is 0 Å². The Hall–Kier alpha value is -0.0800. The average Bonchev–Trinajstić information content (AvgIpc) is 1.93. The van der Waals surface area contributed by atoms with Crippen LogP contribution in [0.25, 0.3) is 0 Å². The van der Waals surface area contributed by atoms with Crippen molar-refractivity contribution in [1.29, 1.82) is 0 Å². The summed E-state index contributed by atoms with van der Waals surface area (Å²) in [4.78, 5) is 2.33. The summed E-state index contributed by atoms with van der Waals surface area (Å²) in [6, 6.07) is 0. The van der Waals surface area contributed by atoms with E-state index < -0.39 is 0 Å². The molecule has 0 aromatic carbocycles. The highest BCUT2D eigenvalue weighted by Gasteiger charge is 2.18. The van der Waals surface area contributed by atoms with Gasteiger partial charge in [-0.15, -0.1) is 0 Å². The monoisotopic (exact) mass is 157 g/mol. The molecule has 2 nitrogen and oxygen atoms in total. The number of aliphatic hydroxyl groups excluding tert-OH is 1. The summed E-state index contributed by atoms with van der Waals surface area (Å²) in [7, 11) is 2.15. The zero-order valence-electron chi connectivity index (χ0n) is 7.42. The molecule has 0 amide bonds. The minimum Gasteiger partial charge on any atom is -0.396 e. The molecule has 1 rings (SSSR count). The van der Waals surface area contributed by atoms with Gasteiger partial charge < -0.3 is 10.0 Å². The van der Waals surface area contributed by atoms with E-state index in [2.05, 4.69) is 11.9 Å². The molecule has 0 saturated heterocycles. The number of nitrogens with zero attached hydrogens (tertiary/aromatic N) is 1. The summed E-state index contributed by atoms with van der Waals surface area (Å²) >= 11 is 0. The van der Waals surface area contributed by atoms with Gasteiger partial charge in [0, 0.05) is 19.7 Å². The lowest BCUT2D eigenvalue weighted by Gasteiger charge is -2.29. The van der Waals surface area contributed by atoms with Crippen LogP contribution in [0.1, 0.15) is 25.7 Å². The van der Waals surface area contributed by atoms with Crippen molar-refractivity contribution in [2.24, 2.45) is 5.92 Å². The van der Waals surface area contributed by atoms with Crippen LogP contribution in [0, 0.1) is 5.92 Å². The maximum Gasteiger partial charge on any atom is 0.0443 e. The van der Waals surface area contributed by atoms with Crippen LogP contribution in [-0.4, -0.2) is 36.8 Å². The summed E-state index contributed by atoms with van der Waals surface area (Å²) in [6.45, 7) is 2.61. The molecule has 0 heterocycles. The first-order chi connectivity index (χ1) is 5.33. The zero-order chi connectivity index (χ0) is 8.10. The summed E-state index contributed by atoms with van der Waals surface area (Å²) in [6.07, 6.45) is 5.19. The van der Waals surface area contributed by atoms with Gasteiger partial charge in [-0.05, 0) is 32.2 Å². The van der Waals surface area contributed by atoms with Gasteiger partial charge in [-0.3, -0.25) is 0 Å². The van der Waals surface area contributed by atoms with Crippen molar-refractivity contribution < 1.29 is 5.11 Å². The molecule has 1 aliphatic rings. The van der Waals surface area contributed by atoms with Gasteiger partial charge in [-0.2, -0.15) is 0 Å². The second kappa shape index (κ2) is 4.73. The highest BCUT2D eigenvalue weighted by molar-refractivity contribution is 4.72. The van der Waals surface area contributed by atoms with E-state index in [1.165, 1.54) is 25.8 Å². The first-order valence-electron chi connectivity index (χ1n) is 4.62. The van der Waals surface area contributed by atoms with E-state index in [-0.39, 0.29) is 0 Å². The van der Waals surface area contributed by atoms with Crippen LogP contribution in [0.3, 0.4) is 0 Å². The van der Waals surface area contributed by atoms with E-state index in [1.807, 2.05) is 0 Å². The van der Waals surface area contributed by atoms with Crippen LogP contribution in [0.2, 0.25) is 0 Å². The molecular formula is C9H19NO. The van der Waals surface area contributed by atoms with Crippen LogP contribution in [0.4, 0.5) is 0 Å². The molecule has 1 fully saturated rings. The second-order valence-electron chi connectivity index (χ2n) is 3.64.